The first kappa shape index (κ1) is 30.1. The van der Waals surface area contributed by atoms with Gasteiger partial charge < -0.3 is 4.42 Å². The van der Waals surface area contributed by atoms with Crippen molar-refractivity contribution >= 4 is 43.5 Å². The second-order valence-electron chi connectivity index (χ2n) is 12.6. The Hall–Kier alpha value is -6.76. The first-order valence-electron chi connectivity index (χ1n) is 17.1. The van der Waals surface area contributed by atoms with Gasteiger partial charge >= 0.3 is 0 Å². The molecule has 10 rings (SSSR count). The molecular formula is C46H28N4OS. The van der Waals surface area contributed by atoms with E-state index < -0.39 is 0 Å². The van der Waals surface area contributed by atoms with Crippen molar-refractivity contribution in [3.63, 3.8) is 0 Å². The number of furan rings is 1. The molecule has 244 valence electrons. The van der Waals surface area contributed by atoms with E-state index in [1.54, 1.807) is 11.3 Å². The molecule has 0 aliphatic rings. The first-order valence-corrected chi connectivity index (χ1v) is 18.0. The number of fused-ring (bicyclic) bond motifs is 4. The number of benzene rings is 7. The van der Waals surface area contributed by atoms with Gasteiger partial charge in [-0.05, 0) is 28.3 Å². The van der Waals surface area contributed by atoms with Crippen molar-refractivity contribution in [3.8, 4) is 67.0 Å². The summed E-state index contributed by atoms with van der Waals surface area (Å²) in [5.41, 5.74) is 10.7. The molecule has 0 unspecified atom stereocenters. The Kier molecular flexibility index (Phi) is 7.25. The molecule has 7 aromatic carbocycles. The molecule has 0 atom stereocenters. The third-order valence-electron chi connectivity index (χ3n) is 9.41. The summed E-state index contributed by atoms with van der Waals surface area (Å²) in [6, 6.07) is 58.1. The van der Waals surface area contributed by atoms with Crippen molar-refractivity contribution < 1.29 is 4.42 Å². The van der Waals surface area contributed by atoms with Crippen LogP contribution >= 0.6 is 11.3 Å². The Bertz CT molecular complexity index is 2870. The van der Waals surface area contributed by atoms with Crippen LogP contribution in [0.5, 0.6) is 0 Å². The summed E-state index contributed by atoms with van der Waals surface area (Å²) in [6.07, 6.45) is 0. The van der Waals surface area contributed by atoms with Gasteiger partial charge in [0.2, 0.25) is 0 Å². The number of hydrogen-bond acceptors (Lipinski definition) is 6. The van der Waals surface area contributed by atoms with Crippen molar-refractivity contribution in [2.24, 2.45) is 0 Å². The summed E-state index contributed by atoms with van der Waals surface area (Å²) in [5.74, 6) is 1.74. The van der Waals surface area contributed by atoms with Gasteiger partial charge in [-0.2, -0.15) is 0 Å². The summed E-state index contributed by atoms with van der Waals surface area (Å²) in [5, 5.41) is 2.85. The molecular weight excluding hydrogens is 657 g/mol. The minimum absolute atomic E-state index is 0.550. The molecule has 0 radical (unpaired) electrons. The van der Waals surface area contributed by atoms with Crippen LogP contribution in [0.15, 0.2) is 174 Å². The zero-order valence-corrected chi connectivity index (χ0v) is 28.6. The largest absolute Gasteiger partial charge is 0.456 e. The van der Waals surface area contributed by atoms with E-state index in [1.165, 1.54) is 5.56 Å². The van der Waals surface area contributed by atoms with Crippen molar-refractivity contribution in [2.45, 2.75) is 0 Å². The van der Waals surface area contributed by atoms with Gasteiger partial charge in [0, 0.05) is 33.5 Å². The van der Waals surface area contributed by atoms with Crippen LogP contribution in [0.4, 0.5) is 0 Å². The highest BCUT2D eigenvalue weighted by molar-refractivity contribution is 7.21. The molecule has 6 heteroatoms. The molecule has 0 N–H and O–H groups in total. The predicted molar refractivity (Wildman–Crippen MR) is 213 cm³/mol. The van der Waals surface area contributed by atoms with E-state index in [2.05, 4.69) is 109 Å². The molecule has 0 spiro atoms. The summed E-state index contributed by atoms with van der Waals surface area (Å²) >= 11 is 1.64. The molecule has 10 aromatic rings. The Morgan fingerprint density at radius 3 is 1.46 bits per heavy atom. The van der Waals surface area contributed by atoms with E-state index >= 15 is 0 Å². The number of thiazole rings is 1. The molecule has 0 aliphatic heterocycles. The van der Waals surface area contributed by atoms with Gasteiger partial charge in [0.25, 0.3) is 0 Å². The van der Waals surface area contributed by atoms with Gasteiger partial charge in [-0.15, -0.1) is 11.3 Å². The summed E-state index contributed by atoms with van der Waals surface area (Å²) in [7, 11) is 0. The molecule has 3 aromatic heterocycles. The summed E-state index contributed by atoms with van der Waals surface area (Å²) in [6.45, 7) is 0. The average Bonchev–Trinajstić information content (AvgIpc) is 3.82. The van der Waals surface area contributed by atoms with E-state index in [0.717, 1.165) is 76.1 Å². The lowest BCUT2D eigenvalue weighted by Gasteiger charge is -2.10. The molecule has 0 amide bonds. The molecule has 5 nitrogen and oxygen atoms in total. The van der Waals surface area contributed by atoms with Crippen molar-refractivity contribution in [1.29, 1.82) is 0 Å². The zero-order chi connectivity index (χ0) is 34.4. The minimum Gasteiger partial charge on any atom is -0.456 e. The highest BCUT2D eigenvalue weighted by Gasteiger charge is 2.23. The van der Waals surface area contributed by atoms with Crippen LogP contribution in [0, 0.1) is 0 Å². The predicted octanol–water partition coefficient (Wildman–Crippen LogP) is 12.4. The molecule has 0 saturated carbocycles. The number of aromatic nitrogens is 4. The molecule has 0 bridgehead atoms. The number of hydrogen-bond donors (Lipinski definition) is 0. The number of para-hydroxylation sites is 1. The van der Waals surface area contributed by atoms with Gasteiger partial charge in [0.05, 0.1) is 15.8 Å². The van der Waals surface area contributed by atoms with Gasteiger partial charge in [0.15, 0.2) is 17.5 Å². The molecule has 52 heavy (non-hydrogen) atoms. The van der Waals surface area contributed by atoms with Crippen LogP contribution < -0.4 is 0 Å². The lowest BCUT2D eigenvalue weighted by molar-refractivity contribution is 0.669. The topological polar surface area (TPSA) is 64.7 Å². The fourth-order valence-electron chi connectivity index (χ4n) is 6.82. The van der Waals surface area contributed by atoms with Crippen LogP contribution in [0.3, 0.4) is 0 Å². The molecule has 0 aliphatic carbocycles. The second-order valence-corrected chi connectivity index (χ2v) is 13.7. The van der Waals surface area contributed by atoms with Crippen LogP contribution in [-0.4, -0.2) is 19.9 Å². The fraction of sp³-hybridized carbons (Fsp3) is 0. The quantitative estimate of drug-likeness (QED) is 0.174. The molecule has 0 fully saturated rings. The highest BCUT2D eigenvalue weighted by Crippen LogP contribution is 2.44. The SMILES string of the molecule is c1ccc(-c2ccc(-c3nc(-c4ccccc4)nc(-c4c5nc(-c6ccc(-c7ccccc7)cc6)sc5cc5oc6ccccc6c45)n3)cc2)cc1. The maximum absolute atomic E-state index is 6.50. The first-order chi connectivity index (χ1) is 25.7. The maximum atomic E-state index is 6.50. The number of nitrogens with zero attached hydrogens (tertiary/aromatic N) is 4. The summed E-state index contributed by atoms with van der Waals surface area (Å²) < 4.78 is 7.49. The van der Waals surface area contributed by atoms with Gasteiger partial charge in [-0.1, -0.05) is 158 Å². The molecule has 3 heterocycles. The van der Waals surface area contributed by atoms with Gasteiger partial charge in [0.1, 0.15) is 16.2 Å². The third-order valence-corrected chi connectivity index (χ3v) is 10.5. The van der Waals surface area contributed by atoms with E-state index in [4.69, 9.17) is 24.4 Å². The normalized spacial score (nSPS) is 11.5. The molecule has 0 saturated heterocycles. The smallest absolute Gasteiger partial charge is 0.167 e. The summed E-state index contributed by atoms with van der Waals surface area (Å²) in [4.78, 5) is 20.8. The maximum Gasteiger partial charge on any atom is 0.167 e. The average molecular weight is 685 g/mol. The van der Waals surface area contributed by atoms with E-state index in [-0.39, 0.29) is 0 Å². The van der Waals surface area contributed by atoms with E-state index in [0.29, 0.717) is 17.5 Å². The highest BCUT2D eigenvalue weighted by atomic mass is 32.1. The van der Waals surface area contributed by atoms with Crippen molar-refractivity contribution in [1.82, 2.24) is 19.9 Å². The third kappa shape index (κ3) is 5.34. The van der Waals surface area contributed by atoms with E-state index in [9.17, 15) is 0 Å². The number of rotatable bonds is 6. The van der Waals surface area contributed by atoms with Crippen LogP contribution in [-0.2, 0) is 0 Å². The Balaban J connectivity index is 1.19. The fourth-order valence-corrected chi connectivity index (χ4v) is 7.83. The minimum atomic E-state index is 0.550. The lowest BCUT2D eigenvalue weighted by atomic mass is 10.0. The van der Waals surface area contributed by atoms with Gasteiger partial charge in [-0.25, -0.2) is 19.9 Å². The van der Waals surface area contributed by atoms with E-state index in [1.807, 2.05) is 60.7 Å². The van der Waals surface area contributed by atoms with Crippen LogP contribution in [0.1, 0.15) is 0 Å². The Labute approximate surface area is 303 Å². The van der Waals surface area contributed by atoms with Gasteiger partial charge in [-0.3, -0.25) is 0 Å². The monoisotopic (exact) mass is 684 g/mol. The Morgan fingerprint density at radius 1 is 0.385 bits per heavy atom. The Morgan fingerprint density at radius 2 is 0.846 bits per heavy atom. The van der Waals surface area contributed by atoms with Crippen molar-refractivity contribution in [3.05, 3.63) is 170 Å². The lowest BCUT2D eigenvalue weighted by Crippen LogP contribution is -2.01. The van der Waals surface area contributed by atoms with Crippen molar-refractivity contribution in [2.75, 3.05) is 0 Å². The zero-order valence-electron chi connectivity index (χ0n) is 27.8. The standard InChI is InChI=1S/C46H28N4OS/c1-4-12-29(13-5-1)31-20-24-34(25-21-31)44-48-43(33-16-8-3-9-17-33)49-45(50-44)41-40-36-18-10-11-19-37(36)51-38(40)28-39-42(41)47-46(52-39)35-26-22-32(23-27-35)30-14-6-2-7-15-30/h1-28H. The second kappa shape index (κ2) is 12.5. The van der Waals surface area contributed by atoms with Crippen LogP contribution in [0.2, 0.25) is 0 Å². The van der Waals surface area contributed by atoms with Crippen LogP contribution in [0.25, 0.3) is 99.1 Å².